The molecule has 2 aromatic carbocycles. The number of carbonyl (C=O) groups is 1. The van der Waals surface area contributed by atoms with Crippen molar-refractivity contribution >= 4 is 22.9 Å². The second kappa shape index (κ2) is 7.71. The SMILES string of the molecule is CCOC(=O)C=Cc1cn(C)c2ccc(OCc3ccccc3)cc12. The smallest absolute Gasteiger partial charge is 0.330 e. The molecule has 25 heavy (non-hydrogen) atoms. The van der Waals surface area contributed by atoms with E-state index in [4.69, 9.17) is 9.47 Å². The summed E-state index contributed by atoms with van der Waals surface area (Å²) in [7, 11) is 1.98. The molecule has 4 nitrogen and oxygen atoms in total. The number of hydrogen-bond acceptors (Lipinski definition) is 3. The summed E-state index contributed by atoms with van der Waals surface area (Å²) in [5.41, 5.74) is 3.16. The van der Waals surface area contributed by atoms with E-state index in [9.17, 15) is 4.79 Å². The van der Waals surface area contributed by atoms with E-state index in [0.29, 0.717) is 13.2 Å². The van der Waals surface area contributed by atoms with Crippen molar-refractivity contribution in [3.63, 3.8) is 0 Å². The fourth-order valence-corrected chi connectivity index (χ4v) is 2.71. The molecule has 0 aliphatic carbocycles. The Morgan fingerprint density at radius 1 is 1.16 bits per heavy atom. The molecule has 4 heteroatoms. The van der Waals surface area contributed by atoms with Crippen LogP contribution in [0.4, 0.5) is 0 Å². The van der Waals surface area contributed by atoms with E-state index in [1.54, 1.807) is 13.0 Å². The number of aryl methyl sites for hydroxylation is 1. The Morgan fingerprint density at radius 2 is 1.96 bits per heavy atom. The maximum Gasteiger partial charge on any atom is 0.330 e. The maximum absolute atomic E-state index is 11.5. The number of nitrogens with zero attached hydrogens (tertiary/aromatic N) is 1. The van der Waals surface area contributed by atoms with E-state index < -0.39 is 0 Å². The molecule has 0 fully saturated rings. The number of aromatic nitrogens is 1. The van der Waals surface area contributed by atoms with Crippen LogP contribution in [0, 0.1) is 0 Å². The molecule has 3 aromatic rings. The van der Waals surface area contributed by atoms with Gasteiger partial charge in [0.2, 0.25) is 0 Å². The molecule has 0 amide bonds. The standard InChI is InChI=1S/C21H21NO3/c1-3-24-21(23)12-9-17-14-22(2)20-11-10-18(13-19(17)20)25-15-16-7-5-4-6-8-16/h4-14H,3,15H2,1-2H3. The van der Waals surface area contributed by atoms with E-state index in [1.165, 1.54) is 6.08 Å². The average molecular weight is 335 g/mol. The highest BCUT2D eigenvalue weighted by molar-refractivity contribution is 5.94. The molecule has 1 heterocycles. The first-order chi connectivity index (χ1) is 12.2. The van der Waals surface area contributed by atoms with Crippen LogP contribution in [0.5, 0.6) is 5.75 Å². The van der Waals surface area contributed by atoms with Gasteiger partial charge in [0.25, 0.3) is 0 Å². The average Bonchev–Trinajstić information content (AvgIpc) is 2.95. The highest BCUT2D eigenvalue weighted by atomic mass is 16.5. The van der Waals surface area contributed by atoms with Gasteiger partial charge < -0.3 is 14.0 Å². The molecule has 0 atom stereocenters. The summed E-state index contributed by atoms with van der Waals surface area (Å²) in [6.07, 6.45) is 5.22. The lowest BCUT2D eigenvalue weighted by atomic mass is 10.1. The van der Waals surface area contributed by atoms with Gasteiger partial charge in [-0.15, -0.1) is 0 Å². The minimum Gasteiger partial charge on any atom is -0.489 e. The third kappa shape index (κ3) is 4.10. The first-order valence-electron chi connectivity index (χ1n) is 8.28. The van der Waals surface area contributed by atoms with Crippen LogP contribution in [0.1, 0.15) is 18.1 Å². The van der Waals surface area contributed by atoms with Gasteiger partial charge in [-0.3, -0.25) is 0 Å². The first kappa shape index (κ1) is 16.8. The van der Waals surface area contributed by atoms with E-state index in [-0.39, 0.29) is 5.97 Å². The Morgan fingerprint density at radius 3 is 2.72 bits per heavy atom. The molecule has 128 valence electrons. The number of hydrogen-bond donors (Lipinski definition) is 0. The van der Waals surface area contributed by atoms with E-state index in [1.807, 2.05) is 66.3 Å². The molecule has 0 saturated heterocycles. The van der Waals surface area contributed by atoms with Crippen molar-refractivity contribution in [3.8, 4) is 5.75 Å². The van der Waals surface area contributed by atoms with Crippen molar-refractivity contribution in [2.24, 2.45) is 7.05 Å². The van der Waals surface area contributed by atoms with Crippen LogP contribution in [0.2, 0.25) is 0 Å². The van der Waals surface area contributed by atoms with Crippen LogP contribution in [0.25, 0.3) is 17.0 Å². The lowest BCUT2D eigenvalue weighted by Gasteiger charge is -2.07. The molecule has 0 aliphatic heterocycles. The largest absolute Gasteiger partial charge is 0.489 e. The minimum absolute atomic E-state index is 0.337. The predicted molar refractivity (Wildman–Crippen MR) is 99.4 cm³/mol. The van der Waals surface area contributed by atoms with Crippen molar-refractivity contribution in [2.45, 2.75) is 13.5 Å². The summed E-state index contributed by atoms with van der Waals surface area (Å²) in [6.45, 7) is 2.68. The molecule has 0 unspecified atom stereocenters. The molecule has 0 aliphatic rings. The normalized spacial score (nSPS) is 11.1. The number of fused-ring (bicyclic) bond motifs is 1. The third-order valence-electron chi connectivity index (χ3n) is 3.93. The summed E-state index contributed by atoms with van der Waals surface area (Å²) in [6, 6.07) is 16.0. The summed E-state index contributed by atoms with van der Waals surface area (Å²) in [5.74, 6) is 0.462. The number of esters is 1. The number of carbonyl (C=O) groups excluding carboxylic acids is 1. The van der Waals surface area contributed by atoms with Crippen LogP contribution in [-0.4, -0.2) is 17.1 Å². The minimum atomic E-state index is -0.337. The molecule has 0 N–H and O–H groups in total. The Kier molecular flexibility index (Phi) is 5.19. The zero-order valence-electron chi connectivity index (χ0n) is 14.4. The monoisotopic (exact) mass is 335 g/mol. The lowest BCUT2D eigenvalue weighted by Crippen LogP contribution is -1.98. The molecule has 0 spiro atoms. The lowest BCUT2D eigenvalue weighted by molar-refractivity contribution is -0.137. The van der Waals surface area contributed by atoms with Gasteiger partial charge in [0, 0.05) is 35.8 Å². The van der Waals surface area contributed by atoms with Crippen molar-refractivity contribution in [3.05, 3.63) is 71.9 Å². The molecule has 0 saturated carbocycles. The Hall–Kier alpha value is -3.01. The van der Waals surface area contributed by atoms with Gasteiger partial charge in [0.1, 0.15) is 12.4 Å². The van der Waals surface area contributed by atoms with E-state index >= 15 is 0 Å². The molecule has 0 bridgehead atoms. The molecular weight excluding hydrogens is 314 g/mol. The second-order valence-electron chi connectivity index (χ2n) is 5.73. The van der Waals surface area contributed by atoms with Crippen LogP contribution in [0.15, 0.2) is 60.8 Å². The van der Waals surface area contributed by atoms with Crippen molar-refractivity contribution in [2.75, 3.05) is 6.61 Å². The van der Waals surface area contributed by atoms with Gasteiger partial charge in [-0.2, -0.15) is 0 Å². The zero-order valence-corrected chi connectivity index (χ0v) is 14.4. The van der Waals surface area contributed by atoms with Gasteiger partial charge >= 0.3 is 5.97 Å². The van der Waals surface area contributed by atoms with Crippen LogP contribution >= 0.6 is 0 Å². The van der Waals surface area contributed by atoms with Crippen LogP contribution in [0.3, 0.4) is 0 Å². The van der Waals surface area contributed by atoms with Gasteiger partial charge in [0.05, 0.1) is 6.61 Å². The Labute approximate surface area is 147 Å². The second-order valence-corrected chi connectivity index (χ2v) is 5.73. The van der Waals surface area contributed by atoms with Crippen LogP contribution in [-0.2, 0) is 23.2 Å². The Bertz CT molecular complexity index is 894. The highest BCUT2D eigenvalue weighted by Gasteiger charge is 2.07. The van der Waals surface area contributed by atoms with Crippen LogP contribution < -0.4 is 4.74 Å². The fourth-order valence-electron chi connectivity index (χ4n) is 2.71. The topological polar surface area (TPSA) is 40.5 Å². The maximum atomic E-state index is 11.5. The van der Waals surface area contributed by atoms with E-state index in [2.05, 4.69) is 0 Å². The van der Waals surface area contributed by atoms with E-state index in [0.717, 1.165) is 27.8 Å². The van der Waals surface area contributed by atoms with Crippen molar-refractivity contribution in [1.29, 1.82) is 0 Å². The Balaban J connectivity index is 1.83. The predicted octanol–water partition coefficient (Wildman–Crippen LogP) is 4.33. The summed E-state index contributed by atoms with van der Waals surface area (Å²) >= 11 is 0. The summed E-state index contributed by atoms with van der Waals surface area (Å²) in [5, 5.41) is 1.04. The van der Waals surface area contributed by atoms with Gasteiger partial charge in [0.15, 0.2) is 0 Å². The van der Waals surface area contributed by atoms with Gasteiger partial charge in [-0.1, -0.05) is 30.3 Å². The number of ether oxygens (including phenoxy) is 2. The van der Waals surface area contributed by atoms with Crippen molar-refractivity contribution in [1.82, 2.24) is 4.57 Å². The molecule has 0 radical (unpaired) electrons. The van der Waals surface area contributed by atoms with Crippen molar-refractivity contribution < 1.29 is 14.3 Å². The first-order valence-corrected chi connectivity index (χ1v) is 8.28. The quantitative estimate of drug-likeness (QED) is 0.497. The number of benzene rings is 2. The number of rotatable bonds is 6. The third-order valence-corrected chi connectivity index (χ3v) is 3.93. The summed E-state index contributed by atoms with van der Waals surface area (Å²) in [4.78, 5) is 11.5. The molecular formula is C21H21NO3. The summed E-state index contributed by atoms with van der Waals surface area (Å²) < 4.78 is 12.9. The molecule has 3 rings (SSSR count). The fraction of sp³-hybridized carbons (Fsp3) is 0.190. The molecule has 1 aromatic heterocycles. The van der Waals surface area contributed by atoms with Gasteiger partial charge in [-0.05, 0) is 36.8 Å². The zero-order chi connectivity index (χ0) is 17.6. The highest BCUT2D eigenvalue weighted by Crippen LogP contribution is 2.27. The van der Waals surface area contributed by atoms with Gasteiger partial charge in [-0.25, -0.2) is 4.79 Å².